The predicted molar refractivity (Wildman–Crippen MR) is 82.9 cm³/mol. The van der Waals surface area contributed by atoms with Crippen LogP contribution in [0.2, 0.25) is 0 Å². The standard InChI is InChI=1S/C15H24N2O3S/c1-11(2)16-10-12-5-6-13(20-4)14(9-12)21(18,19)17-15(3)7-8-15/h5-6,9,11,16-17H,7-8,10H2,1-4H3. The summed E-state index contributed by atoms with van der Waals surface area (Å²) < 4.78 is 33.1. The van der Waals surface area contributed by atoms with Crippen molar-refractivity contribution >= 4 is 10.0 Å². The molecule has 0 bridgehead atoms. The number of sulfonamides is 1. The highest BCUT2D eigenvalue weighted by Gasteiger charge is 2.41. The van der Waals surface area contributed by atoms with E-state index < -0.39 is 10.0 Å². The molecule has 5 nitrogen and oxygen atoms in total. The Balaban J connectivity index is 2.28. The first-order chi connectivity index (χ1) is 9.76. The third-order valence-electron chi connectivity index (χ3n) is 3.61. The summed E-state index contributed by atoms with van der Waals surface area (Å²) in [6.07, 6.45) is 1.76. The second-order valence-electron chi connectivity index (χ2n) is 6.19. The summed E-state index contributed by atoms with van der Waals surface area (Å²) in [5, 5.41) is 3.28. The molecule has 0 radical (unpaired) electrons. The Bertz CT molecular complexity index is 607. The Labute approximate surface area is 127 Å². The zero-order chi connectivity index (χ0) is 15.7. The molecule has 2 N–H and O–H groups in total. The first-order valence-electron chi connectivity index (χ1n) is 7.20. The molecule has 0 atom stereocenters. The lowest BCUT2D eigenvalue weighted by atomic mass is 10.2. The summed E-state index contributed by atoms with van der Waals surface area (Å²) in [6, 6.07) is 5.62. The van der Waals surface area contributed by atoms with Gasteiger partial charge in [-0.25, -0.2) is 13.1 Å². The fourth-order valence-corrected chi connectivity index (χ4v) is 3.72. The van der Waals surface area contributed by atoms with Crippen LogP contribution in [0.3, 0.4) is 0 Å². The summed E-state index contributed by atoms with van der Waals surface area (Å²) in [4.78, 5) is 0.209. The summed E-state index contributed by atoms with van der Waals surface area (Å²) in [5.41, 5.74) is 0.626. The smallest absolute Gasteiger partial charge is 0.244 e. The Morgan fingerprint density at radius 1 is 1.33 bits per heavy atom. The van der Waals surface area contributed by atoms with Crippen molar-refractivity contribution in [2.24, 2.45) is 0 Å². The number of hydrogen-bond donors (Lipinski definition) is 2. The van der Waals surface area contributed by atoms with Crippen LogP contribution in [-0.4, -0.2) is 27.1 Å². The van der Waals surface area contributed by atoms with E-state index in [0.717, 1.165) is 18.4 Å². The quantitative estimate of drug-likeness (QED) is 0.808. The van der Waals surface area contributed by atoms with Gasteiger partial charge in [-0.15, -0.1) is 0 Å². The maximum absolute atomic E-state index is 12.5. The SMILES string of the molecule is COc1ccc(CNC(C)C)cc1S(=O)(=O)NC1(C)CC1. The Morgan fingerprint density at radius 2 is 2.00 bits per heavy atom. The number of nitrogens with one attached hydrogen (secondary N) is 2. The largest absolute Gasteiger partial charge is 0.495 e. The van der Waals surface area contributed by atoms with Crippen LogP contribution in [0, 0.1) is 0 Å². The van der Waals surface area contributed by atoms with Gasteiger partial charge in [0.15, 0.2) is 0 Å². The lowest BCUT2D eigenvalue weighted by Crippen LogP contribution is -2.34. The molecule has 0 aliphatic heterocycles. The topological polar surface area (TPSA) is 67.4 Å². The van der Waals surface area contributed by atoms with Crippen LogP contribution >= 0.6 is 0 Å². The molecule has 1 aliphatic carbocycles. The molecule has 1 fully saturated rings. The Morgan fingerprint density at radius 3 is 2.52 bits per heavy atom. The second-order valence-corrected chi connectivity index (χ2v) is 7.84. The zero-order valence-corrected chi connectivity index (χ0v) is 13.9. The van der Waals surface area contributed by atoms with Gasteiger partial charge in [-0.1, -0.05) is 19.9 Å². The van der Waals surface area contributed by atoms with Crippen LogP contribution in [-0.2, 0) is 16.6 Å². The average Bonchev–Trinajstić information content (AvgIpc) is 3.12. The molecule has 0 heterocycles. The Kier molecular flexibility index (Phi) is 4.60. The molecule has 1 aromatic carbocycles. The van der Waals surface area contributed by atoms with Gasteiger partial charge in [-0.05, 0) is 37.5 Å². The number of benzene rings is 1. The van der Waals surface area contributed by atoms with Gasteiger partial charge in [-0.2, -0.15) is 0 Å². The first-order valence-corrected chi connectivity index (χ1v) is 8.68. The van der Waals surface area contributed by atoms with Gasteiger partial charge in [0.2, 0.25) is 10.0 Å². The van der Waals surface area contributed by atoms with Crippen molar-refractivity contribution in [3.8, 4) is 5.75 Å². The van der Waals surface area contributed by atoms with E-state index in [4.69, 9.17) is 4.74 Å². The fraction of sp³-hybridized carbons (Fsp3) is 0.600. The van der Waals surface area contributed by atoms with Gasteiger partial charge < -0.3 is 10.1 Å². The molecule has 118 valence electrons. The van der Waals surface area contributed by atoms with E-state index in [0.29, 0.717) is 18.3 Å². The van der Waals surface area contributed by atoms with Crippen LogP contribution in [0.1, 0.15) is 39.2 Å². The molecule has 0 aromatic heterocycles. The highest BCUT2D eigenvalue weighted by Crippen LogP contribution is 2.37. The lowest BCUT2D eigenvalue weighted by Gasteiger charge is -2.16. The molecule has 0 saturated heterocycles. The van der Waals surface area contributed by atoms with Crippen LogP contribution in [0.5, 0.6) is 5.75 Å². The molecule has 21 heavy (non-hydrogen) atoms. The van der Waals surface area contributed by atoms with Crippen LogP contribution in [0.15, 0.2) is 23.1 Å². The molecule has 1 aliphatic rings. The summed E-state index contributed by atoms with van der Waals surface area (Å²) >= 11 is 0. The molecule has 0 amide bonds. The normalized spacial score (nSPS) is 17.0. The molecule has 0 unspecified atom stereocenters. The highest BCUT2D eigenvalue weighted by atomic mass is 32.2. The van der Waals surface area contributed by atoms with E-state index in [-0.39, 0.29) is 10.4 Å². The third kappa shape index (κ3) is 4.18. The van der Waals surface area contributed by atoms with Crippen LogP contribution in [0.4, 0.5) is 0 Å². The van der Waals surface area contributed by atoms with E-state index in [1.54, 1.807) is 12.1 Å². The highest BCUT2D eigenvalue weighted by molar-refractivity contribution is 7.89. The van der Waals surface area contributed by atoms with Gasteiger partial charge in [0, 0.05) is 18.1 Å². The van der Waals surface area contributed by atoms with Crippen molar-refractivity contribution < 1.29 is 13.2 Å². The first kappa shape index (κ1) is 16.3. The van der Waals surface area contributed by atoms with Gasteiger partial charge in [0.05, 0.1) is 7.11 Å². The molecule has 1 saturated carbocycles. The number of methoxy groups -OCH3 is 1. The summed E-state index contributed by atoms with van der Waals surface area (Å²) in [5.74, 6) is 0.375. The van der Waals surface area contributed by atoms with E-state index in [1.165, 1.54) is 7.11 Å². The average molecular weight is 312 g/mol. The van der Waals surface area contributed by atoms with Crippen molar-refractivity contribution in [1.29, 1.82) is 0 Å². The molecule has 1 aromatic rings. The predicted octanol–water partition coefficient (Wildman–Crippen LogP) is 2.02. The van der Waals surface area contributed by atoms with Crippen molar-refractivity contribution in [2.45, 2.75) is 56.6 Å². The van der Waals surface area contributed by atoms with Gasteiger partial charge in [-0.3, -0.25) is 0 Å². The zero-order valence-electron chi connectivity index (χ0n) is 13.1. The van der Waals surface area contributed by atoms with E-state index in [1.807, 2.05) is 13.0 Å². The van der Waals surface area contributed by atoms with E-state index >= 15 is 0 Å². The van der Waals surface area contributed by atoms with Crippen molar-refractivity contribution in [3.05, 3.63) is 23.8 Å². The summed E-state index contributed by atoms with van der Waals surface area (Å²) in [6.45, 7) is 6.65. The minimum Gasteiger partial charge on any atom is -0.495 e. The lowest BCUT2D eigenvalue weighted by molar-refractivity contribution is 0.401. The number of hydrogen-bond acceptors (Lipinski definition) is 4. The van der Waals surface area contributed by atoms with Gasteiger partial charge in [0.1, 0.15) is 10.6 Å². The minimum atomic E-state index is -3.56. The second kappa shape index (κ2) is 5.94. The molecule has 2 rings (SSSR count). The van der Waals surface area contributed by atoms with Crippen LogP contribution < -0.4 is 14.8 Å². The van der Waals surface area contributed by atoms with E-state index in [2.05, 4.69) is 23.9 Å². The van der Waals surface area contributed by atoms with E-state index in [9.17, 15) is 8.42 Å². The van der Waals surface area contributed by atoms with Crippen molar-refractivity contribution in [1.82, 2.24) is 10.0 Å². The van der Waals surface area contributed by atoms with Crippen molar-refractivity contribution in [2.75, 3.05) is 7.11 Å². The van der Waals surface area contributed by atoms with Gasteiger partial charge in [0.25, 0.3) is 0 Å². The minimum absolute atomic E-state index is 0.209. The molecular weight excluding hydrogens is 288 g/mol. The van der Waals surface area contributed by atoms with Gasteiger partial charge >= 0.3 is 0 Å². The fourth-order valence-electron chi connectivity index (χ4n) is 2.03. The molecular formula is C15H24N2O3S. The Hall–Kier alpha value is -1.11. The van der Waals surface area contributed by atoms with Crippen molar-refractivity contribution in [3.63, 3.8) is 0 Å². The number of rotatable bonds is 7. The summed E-state index contributed by atoms with van der Waals surface area (Å²) in [7, 11) is -2.08. The molecule has 0 spiro atoms. The monoisotopic (exact) mass is 312 g/mol. The third-order valence-corrected chi connectivity index (χ3v) is 5.27. The number of ether oxygens (including phenoxy) is 1. The maximum atomic E-state index is 12.5. The molecule has 6 heteroatoms. The maximum Gasteiger partial charge on any atom is 0.244 e. The van der Waals surface area contributed by atoms with Crippen LogP contribution in [0.25, 0.3) is 0 Å².